The molecule has 140 valence electrons. The van der Waals surface area contributed by atoms with Crippen LogP contribution < -0.4 is 10.6 Å². The van der Waals surface area contributed by atoms with Gasteiger partial charge >= 0.3 is 0 Å². The summed E-state index contributed by atoms with van der Waals surface area (Å²) in [6.07, 6.45) is 1.87. The summed E-state index contributed by atoms with van der Waals surface area (Å²) in [5, 5.41) is 14.8. The van der Waals surface area contributed by atoms with Gasteiger partial charge in [-0.25, -0.2) is 9.97 Å². The zero-order chi connectivity index (χ0) is 19.5. The SMILES string of the molecule is CCC(=O)Nc1cccc(-c2[nH]nc3ncnc(Nc4cccc(Cl)c4)c23)c1. The molecule has 8 heteroatoms. The fraction of sp³-hybridized carbons (Fsp3) is 0.100. The standard InChI is InChI=1S/C20H17ClN6O/c1-2-16(28)24-14-7-3-5-12(9-14)18-17-19(22-11-23-20(17)27-26-18)25-15-8-4-6-13(21)10-15/h3-11H,2H2,1H3,(H,24,28)(H2,22,23,25,26,27). The van der Waals surface area contributed by atoms with Crippen LogP contribution >= 0.6 is 11.6 Å². The first-order valence-corrected chi connectivity index (χ1v) is 9.14. The second kappa shape index (κ2) is 7.66. The number of fused-ring (bicyclic) bond motifs is 1. The highest BCUT2D eigenvalue weighted by Crippen LogP contribution is 2.32. The lowest BCUT2D eigenvalue weighted by Gasteiger charge is -2.09. The summed E-state index contributed by atoms with van der Waals surface area (Å²) in [6.45, 7) is 1.81. The van der Waals surface area contributed by atoms with Gasteiger partial charge in [0.25, 0.3) is 0 Å². The zero-order valence-electron chi connectivity index (χ0n) is 15.0. The van der Waals surface area contributed by atoms with E-state index in [9.17, 15) is 4.79 Å². The van der Waals surface area contributed by atoms with Gasteiger partial charge in [0.05, 0.1) is 11.1 Å². The maximum absolute atomic E-state index is 11.7. The molecule has 0 aliphatic heterocycles. The molecular formula is C20H17ClN6O. The van der Waals surface area contributed by atoms with Gasteiger partial charge in [-0.3, -0.25) is 9.89 Å². The summed E-state index contributed by atoms with van der Waals surface area (Å²) in [5.74, 6) is 0.567. The van der Waals surface area contributed by atoms with E-state index in [0.29, 0.717) is 28.6 Å². The monoisotopic (exact) mass is 392 g/mol. The van der Waals surface area contributed by atoms with Crippen molar-refractivity contribution in [3.63, 3.8) is 0 Å². The third-order valence-corrected chi connectivity index (χ3v) is 4.43. The molecule has 2 aromatic carbocycles. The van der Waals surface area contributed by atoms with Crippen LogP contribution in [0.3, 0.4) is 0 Å². The number of aromatic amines is 1. The maximum atomic E-state index is 11.7. The highest BCUT2D eigenvalue weighted by molar-refractivity contribution is 6.30. The molecule has 4 aromatic rings. The van der Waals surface area contributed by atoms with E-state index in [1.807, 2.05) is 55.5 Å². The lowest BCUT2D eigenvalue weighted by atomic mass is 10.1. The normalized spacial score (nSPS) is 10.8. The van der Waals surface area contributed by atoms with Gasteiger partial charge in [0.2, 0.25) is 5.91 Å². The number of amides is 1. The first-order chi connectivity index (χ1) is 13.6. The van der Waals surface area contributed by atoms with Crippen LogP contribution in [0.15, 0.2) is 54.9 Å². The number of rotatable bonds is 5. The lowest BCUT2D eigenvalue weighted by Crippen LogP contribution is -2.09. The number of nitrogens with zero attached hydrogens (tertiary/aromatic N) is 3. The minimum atomic E-state index is -0.0433. The number of carbonyl (C=O) groups excluding carboxylic acids is 1. The molecule has 0 unspecified atom stereocenters. The number of hydrogen-bond donors (Lipinski definition) is 3. The van der Waals surface area contributed by atoms with Gasteiger partial charge in [0.1, 0.15) is 12.1 Å². The van der Waals surface area contributed by atoms with E-state index in [0.717, 1.165) is 22.3 Å². The summed E-state index contributed by atoms with van der Waals surface area (Å²) in [7, 11) is 0. The second-order valence-corrected chi connectivity index (χ2v) is 6.57. The molecule has 4 rings (SSSR count). The van der Waals surface area contributed by atoms with Crippen molar-refractivity contribution < 1.29 is 4.79 Å². The van der Waals surface area contributed by atoms with Crippen molar-refractivity contribution in [2.75, 3.05) is 10.6 Å². The minimum Gasteiger partial charge on any atom is -0.339 e. The number of anilines is 3. The second-order valence-electron chi connectivity index (χ2n) is 6.14. The van der Waals surface area contributed by atoms with Crippen molar-refractivity contribution in [3.05, 3.63) is 59.9 Å². The Morgan fingerprint density at radius 3 is 2.75 bits per heavy atom. The van der Waals surface area contributed by atoms with Crippen molar-refractivity contribution in [1.29, 1.82) is 0 Å². The number of H-pyrrole nitrogens is 1. The van der Waals surface area contributed by atoms with E-state index in [2.05, 4.69) is 30.8 Å². The summed E-state index contributed by atoms with van der Waals surface area (Å²) < 4.78 is 0. The third-order valence-electron chi connectivity index (χ3n) is 4.19. The molecule has 7 nitrogen and oxygen atoms in total. The molecule has 0 spiro atoms. The molecule has 0 radical (unpaired) electrons. The van der Waals surface area contributed by atoms with Crippen molar-refractivity contribution in [3.8, 4) is 11.3 Å². The number of nitrogens with one attached hydrogen (secondary N) is 3. The van der Waals surface area contributed by atoms with Crippen LogP contribution in [0.2, 0.25) is 5.02 Å². The quantitative estimate of drug-likeness (QED) is 0.455. The van der Waals surface area contributed by atoms with Gasteiger partial charge in [0.15, 0.2) is 5.65 Å². The van der Waals surface area contributed by atoms with E-state index >= 15 is 0 Å². The van der Waals surface area contributed by atoms with Crippen molar-refractivity contribution in [2.24, 2.45) is 0 Å². The summed E-state index contributed by atoms with van der Waals surface area (Å²) in [5.41, 5.74) is 3.68. The van der Waals surface area contributed by atoms with Gasteiger partial charge in [-0.1, -0.05) is 36.7 Å². The highest BCUT2D eigenvalue weighted by Gasteiger charge is 2.15. The molecule has 0 saturated heterocycles. The van der Waals surface area contributed by atoms with Crippen molar-refractivity contribution >= 4 is 45.7 Å². The van der Waals surface area contributed by atoms with Gasteiger partial charge < -0.3 is 10.6 Å². The molecule has 0 bridgehead atoms. The Kier molecular flexibility index (Phi) is 4.90. The zero-order valence-corrected chi connectivity index (χ0v) is 15.8. The Morgan fingerprint density at radius 2 is 1.93 bits per heavy atom. The van der Waals surface area contributed by atoms with Gasteiger partial charge in [-0.2, -0.15) is 5.10 Å². The molecule has 2 heterocycles. The van der Waals surface area contributed by atoms with Crippen LogP contribution in [0.5, 0.6) is 0 Å². The molecule has 2 aromatic heterocycles. The van der Waals surface area contributed by atoms with E-state index in [1.54, 1.807) is 0 Å². The molecule has 3 N–H and O–H groups in total. The largest absolute Gasteiger partial charge is 0.339 e. The predicted molar refractivity (Wildman–Crippen MR) is 111 cm³/mol. The number of carbonyl (C=O) groups is 1. The van der Waals surface area contributed by atoms with Crippen molar-refractivity contribution in [1.82, 2.24) is 20.2 Å². The Bertz CT molecular complexity index is 1160. The first kappa shape index (κ1) is 17.9. The number of benzene rings is 2. The fourth-order valence-electron chi connectivity index (χ4n) is 2.86. The molecule has 0 aliphatic carbocycles. The summed E-state index contributed by atoms with van der Waals surface area (Å²) in [4.78, 5) is 20.3. The molecule has 0 saturated carbocycles. The van der Waals surface area contributed by atoms with Crippen LogP contribution in [-0.2, 0) is 4.79 Å². The van der Waals surface area contributed by atoms with E-state index < -0.39 is 0 Å². The number of aromatic nitrogens is 4. The lowest BCUT2D eigenvalue weighted by molar-refractivity contribution is -0.115. The van der Waals surface area contributed by atoms with Crippen LogP contribution in [-0.4, -0.2) is 26.1 Å². The van der Waals surface area contributed by atoms with Crippen LogP contribution in [0.4, 0.5) is 17.2 Å². The summed E-state index contributed by atoms with van der Waals surface area (Å²) in [6, 6.07) is 14.9. The van der Waals surface area contributed by atoms with E-state index in [1.165, 1.54) is 6.33 Å². The van der Waals surface area contributed by atoms with Crippen LogP contribution in [0.25, 0.3) is 22.3 Å². The number of hydrogen-bond acceptors (Lipinski definition) is 5. The Morgan fingerprint density at radius 1 is 1.11 bits per heavy atom. The predicted octanol–water partition coefficient (Wildman–Crippen LogP) is 4.77. The Balaban J connectivity index is 1.77. The van der Waals surface area contributed by atoms with Gasteiger partial charge in [-0.15, -0.1) is 0 Å². The maximum Gasteiger partial charge on any atom is 0.224 e. The highest BCUT2D eigenvalue weighted by atomic mass is 35.5. The number of halogens is 1. The van der Waals surface area contributed by atoms with Gasteiger partial charge in [0, 0.05) is 28.4 Å². The smallest absolute Gasteiger partial charge is 0.224 e. The first-order valence-electron chi connectivity index (χ1n) is 8.76. The van der Waals surface area contributed by atoms with E-state index in [-0.39, 0.29) is 5.91 Å². The van der Waals surface area contributed by atoms with Crippen LogP contribution in [0.1, 0.15) is 13.3 Å². The topological polar surface area (TPSA) is 95.6 Å². The molecule has 0 atom stereocenters. The van der Waals surface area contributed by atoms with Crippen LogP contribution in [0, 0.1) is 0 Å². The Labute approximate surface area is 166 Å². The third kappa shape index (κ3) is 3.65. The Hall–Kier alpha value is -3.45. The fourth-order valence-corrected chi connectivity index (χ4v) is 3.05. The molecule has 0 fully saturated rings. The molecule has 0 aliphatic rings. The average Bonchev–Trinajstić information content (AvgIpc) is 3.13. The van der Waals surface area contributed by atoms with E-state index in [4.69, 9.17) is 11.6 Å². The molecular weight excluding hydrogens is 376 g/mol. The van der Waals surface area contributed by atoms with Crippen molar-refractivity contribution in [2.45, 2.75) is 13.3 Å². The molecule has 1 amide bonds. The summed E-state index contributed by atoms with van der Waals surface area (Å²) >= 11 is 6.08. The average molecular weight is 393 g/mol. The minimum absolute atomic E-state index is 0.0433. The molecule has 28 heavy (non-hydrogen) atoms. The van der Waals surface area contributed by atoms with Gasteiger partial charge in [-0.05, 0) is 30.3 Å².